The first-order chi connectivity index (χ1) is 10.4. The highest BCUT2D eigenvalue weighted by molar-refractivity contribution is 6.30. The Bertz CT molecular complexity index is 553. The van der Waals surface area contributed by atoms with Gasteiger partial charge >= 0.3 is 0 Å². The van der Waals surface area contributed by atoms with E-state index in [1.54, 1.807) is 0 Å². The summed E-state index contributed by atoms with van der Waals surface area (Å²) in [4.78, 5) is 11.9. The second-order valence-corrected chi connectivity index (χ2v) is 5.50. The highest BCUT2D eigenvalue weighted by Gasteiger charge is 2.46. The lowest BCUT2D eigenvalue weighted by Crippen LogP contribution is -2.51. The summed E-state index contributed by atoms with van der Waals surface area (Å²) in [6.07, 6.45) is 0. The van der Waals surface area contributed by atoms with Gasteiger partial charge in [-0.1, -0.05) is 11.6 Å². The maximum absolute atomic E-state index is 14.3. The minimum Gasteiger partial charge on any atom is -0.390 e. The van der Waals surface area contributed by atoms with Crippen LogP contribution in [0.1, 0.15) is 11.6 Å². The van der Waals surface area contributed by atoms with Crippen LogP contribution in [0.5, 0.6) is 0 Å². The fourth-order valence-electron chi connectivity index (χ4n) is 2.63. The molecule has 0 saturated carbocycles. The number of aliphatic hydroxyl groups excluding tert-OH is 1. The lowest BCUT2D eigenvalue weighted by molar-refractivity contribution is -0.386. The third kappa shape index (κ3) is 3.52. The van der Waals surface area contributed by atoms with Gasteiger partial charge in [0.05, 0.1) is 10.5 Å². The van der Waals surface area contributed by atoms with Crippen LogP contribution in [-0.2, 0) is 0 Å². The van der Waals surface area contributed by atoms with E-state index in [0.29, 0.717) is 26.2 Å². The number of aliphatic hydroxyl groups is 1. The molecule has 0 unspecified atom stereocenters. The fraction of sp³-hybridized carbons (Fsp3) is 0.538. The molecule has 0 amide bonds. The first-order valence-corrected chi connectivity index (χ1v) is 7.12. The maximum Gasteiger partial charge on any atom is 0.290 e. The topological polar surface area (TPSA) is 78.6 Å². The van der Waals surface area contributed by atoms with Crippen molar-refractivity contribution in [3.8, 4) is 0 Å². The van der Waals surface area contributed by atoms with Crippen LogP contribution in [0.3, 0.4) is 0 Å². The number of nitrogens with one attached hydrogen (secondary N) is 1. The van der Waals surface area contributed by atoms with Gasteiger partial charge in [-0.05, 0) is 12.1 Å². The molecular weight excluding hydrogens is 320 g/mol. The number of benzene rings is 1. The monoisotopic (exact) mass is 335 g/mol. The molecule has 2 N–H and O–H groups in total. The molecule has 1 fully saturated rings. The molecule has 6 nitrogen and oxygen atoms in total. The van der Waals surface area contributed by atoms with Crippen LogP contribution in [0.4, 0.5) is 14.5 Å². The molecule has 22 heavy (non-hydrogen) atoms. The lowest BCUT2D eigenvalue weighted by atomic mass is 9.96. The zero-order valence-corrected chi connectivity index (χ0v) is 12.4. The number of rotatable bonds is 5. The van der Waals surface area contributed by atoms with E-state index in [1.165, 1.54) is 17.0 Å². The van der Waals surface area contributed by atoms with Crippen LogP contribution in [0.2, 0.25) is 5.02 Å². The predicted octanol–water partition coefficient (Wildman–Crippen LogP) is 1.82. The maximum atomic E-state index is 14.3. The van der Waals surface area contributed by atoms with Crippen molar-refractivity contribution in [2.24, 2.45) is 0 Å². The zero-order chi connectivity index (χ0) is 16.3. The van der Waals surface area contributed by atoms with E-state index in [9.17, 15) is 18.9 Å². The Morgan fingerprint density at radius 1 is 1.45 bits per heavy atom. The minimum absolute atomic E-state index is 0.134. The summed E-state index contributed by atoms with van der Waals surface area (Å²) in [7, 11) is 0. The SMILES string of the molecule is O=[N+]([O-])c1ccc(Cl)cc1[C@H](N1CCNCC1)C(F)(F)CO. The normalized spacial score (nSPS) is 18.2. The molecule has 1 aliphatic rings. The Kier molecular flexibility index (Phi) is 5.28. The molecule has 2 rings (SSSR count). The van der Waals surface area contributed by atoms with Crippen molar-refractivity contribution in [2.75, 3.05) is 32.8 Å². The quantitative estimate of drug-likeness (QED) is 0.634. The summed E-state index contributed by atoms with van der Waals surface area (Å²) >= 11 is 5.84. The van der Waals surface area contributed by atoms with Gasteiger partial charge in [-0.3, -0.25) is 15.0 Å². The Labute approximate surface area is 130 Å². The minimum atomic E-state index is -3.52. The van der Waals surface area contributed by atoms with Gasteiger partial charge in [-0.15, -0.1) is 0 Å². The standard InChI is InChI=1S/C13H16ClF2N3O3/c14-9-1-2-11(19(21)22)10(7-9)12(13(15,16)8-20)18-5-3-17-4-6-18/h1-2,7,12,17,20H,3-6,8H2/t12-/m0/s1. The average molecular weight is 336 g/mol. The second kappa shape index (κ2) is 6.82. The molecule has 1 aliphatic heterocycles. The van der Waals surface area contributed by atoms with Gasteiger partial charge in [0.2, 0.25) is 0 Å². The molecule has 1 heterocycles. The zero-order valence-electron chi connectivity index (χ0n) is 11.6. The first kappa shape index (κ1) is 17.0. The Morgan fingerprint density at radius 3 is 2.64 bits per heavy atom. The van der Waals surface area contributed by atoms with E-state index in [-0.39, 0.29) is 10.6 Å². The van der Waals surface area contributed by atoms with Gasteiger partial charge in [-0.25, -0.2) is 8.78 Å². The van der Waals surface area contributed by atoms with Crippen molar-refractivity contribution in [3.63, 3.8) is 0 Å². The number of nitro benzene ring substituents is 1. The summed E-state index contributed by atoms with van der Waals surface area (Å²) in [6.45, 7) is 0.178. The van der Waals surface area contributed by atoms with E-state index in [2.05, 4.69) is 5.32 Å². The third-order valence-electron chi connectivity index (χ3n) is 3.61. The van der Waals surface area contributed by atoms with Crippen LogP contribution in [0.25, 0.3) is 0 Å². The molecule has 1 saturated heterocycles. The summed E-state index contributed by atoms with van der Waals surface area (Å²) < 4.78 is 28.6. The lowest BCUT2D eigenvalue weighted by Gasteiger charge is -2.38. The molecule has 1 aromatic rings. The molecule has 0 aromatic heterocycles. The Morgan fingerprint density at radius 2 is 2.09 bits per heavy atom. The van der Waals surface area contributed by atoms with Gasteiger partial charge in [0.25, 0.3) is 11.6 Å². The average Bonchev–Trinajstić information content (AvgIpc) is 2.48. The summed E-state index contributed by atoms with van der Waals surface area (Å²) in [5, 5.41) is 23.4. The number of nitro groups is 1. The molecule has 1 aromatic carbocycles. The van der Waals surface area contributed by atoms with Crippen LogP contribution in [0, 0.1) is 10.1 Å². The summed E-state index contributed by atoms with van der Waals surface area (Å²) in [5.41, 5.74) is -0.612. The van der Waals surface area contributed by atoms with Crippen molar-refractivity contribution in [2.45, 2.75) is 12.0 Å². The number of hydrogen-bond acceptors (Lipinski definition) is 5. The number of piperazine rings is 1. The molecule has 0 aliphatic carbocycles. The number of alkyl halides is 2. The van der Waals surface area contributed by atoms with Gasteiger partial charge in [-0.2, -0.15) is 0 Å². The van der Waals surface area contributed by atoms with E-state index < -0.39 is 29.2 Å². The van der Waals surface area contributed by atoms with Crippen molar-refractivity contribution in [1.82, 2.24) is 10.2 Å². The summed E-state index contributed by atoms with van der Waals surface area (Å²) in [6, 6.07) is 1.98. The van der Waals surface area contributed by atoms with Crippen LogP contribution in [-0.4, -0.2) is 53.6 Å². The van der Waals surface area contributed by atoms with Crippen molar-refractivity contribution in [1.29, 1.82) is 0 Å². The van der Waals surface area contributed by atoms with Gasteiger partial charge < -0.3 is 10.4 Å². The number of hydrogen-bond donors (Lipinski definition) is 2. The third-order valence-corrected chi connectivity index (χ3v) is 3.84. The predicted molar refractivity (Wildman–Crippen MR) is 77.3 cm³/mol. The molecular formula is C13H16ClF2N3O3. The number of nitrogens with zero attached hydrogens (tertiary/aromatic N) is 2. The van der Waals surface area contributed by atoms with Crippen molar-refractivity contribution < 1.29 is 18.8 Å². The van der Waals surface area contributed by atoms with Crippen LogP contribution < -0.4 is 5.32 Å². The second-order valence-electron chi connectivity index (χ2n) is 5.07. The van der Waals surface area contributed by atoms with E-state index in [4.69, 9.17) is 16.7 Å². The molecule has 0 spiro atoms. The van der Waals surface area contributed by atoms with E-state index in [0.717, 1.165) is 6.07 Å². The first-order valence-electron chi connectivity index (χ1n) is 6.74. The van der Waals surface area contributed by atoms with Gasteiger partial charge in [0, 0.05) is 37.3 Å². The van der Waals surface area contributed by atoms with Crippen LogP contribution >= 0.6 is 11.6 Å². The number of halogens is 3. The smallest absolute Gasteiger partial charge is 0.290 e. The van der Waals surface area contributed by atoms with Crippen molar-refractivity contribution in [3.05, 3.63) is 38.9 Å². The highest BCUT2D eigenvalue weighted by atomic mass is 35.5. The molecule has 122 valence electrons. The fourth-order valence-corrected chi connectivity index (χ4v) is 2.81. The van der Waals surface area contributed by atoms with Crippen molar-refractivity contribution >= 4 is 17.3 Å². The van der Waals surface area contributed by atoms with E-state index >= 15 is 0 Å². The molecule has 0 radical (unpaired) electrons. The van der Waals surface area contributed by atoms with Crippen LogP contribution in [0.15, 0.2) is 18.2 Å². The molecule has 1 atom stereocenters. The van der Waals surface area contributed by atoms with Gasteiger partial charge in [0.1, 0.15) is 12.6 Å². The summed E-state index contributed by atoms with van der Waals surface area (Å²) in [5.74, 6) is -3.52. The molecule has 0 bridgehead atoms. The van der Waals surface area contributed by atoms with E-state index in [1.807, 2.05) is 0 Å². The Balaban J connectivity index is 2.53. The largest absolute Gasteiger partial charge is 0.390 e. The highest BCUT2D eigenvalue weighted by Crippen LogP contribution is 2.41. The van der Waals surface area contributed by atoms with Gasteiger partial charge in [0.15, 0.2) is 0 Å². The Hall–Kier alpha value is -1.35. The molecule has 9 heteroatoms.